The lowest BCUT2D eigenvalue weighted by molar-refractivity contribution is -0.385. The van der Waals surface area contributed by atoms with E-state index in [1.165, 1.54) is 29.5 Å². The van der Waals surface area contributed by atoms with Crippen LogP contribution in [0.3, 0.4) is 0 Å². The molecule has 3 aromatic rings. The minimum Gasteiger partial charge on any atom is -0.296 e. The lowest BCUT2D eigenvalue weighted by atomic mass is 10.1. The highest BCUT2D eigenvalue weighted by molar-refractivity contribution is 7.18. The third kappa shape index (κ3) is 3.69. The van der Waals surface area contributed by atoms with Crippen LogP contribution in [0, 0.1) is 24.0 Å². The SMILES string of the molecule is Cc1ccc(-c2nnc(NC(=O)c3ccc([N+](=O)[O-])c(C)c3)s2)cc1. The maximum atomic E-state index is 12.3. The van der Waals surface area contributed by atoms with Gasteiger partial charge in [-0.2, -0.15) is 0 Å². The molecule has 8 heteroatoms. The summed E-state index contributed by atoms with van der Waals surface area (Å²) in [6.45, 7) is 3.59. The minimum absolute atomic E-state index is 0.0193. The van der Waals surface area contributed by atoms with Crippen LogP contribution < -0.4 is 5.32 Å². The summed E-state index contributed by atoms with van der Waals surface area (Å²) in [6.07, 6.45) is 0. The summed E-state index contributed by atoms with van der Waals surface area (Å²) in [5.41, 5.74) is 2.81. The van der Waals surface area contributed by atoms with E-state index in [0.717, 1.165) is 11.1 Å². The largest absolute Gasteiger partial charge is 0.296 e. The van der Waals surface area contributed by atoms with Crippen molar-refractivity contribution >= 4 is 28.1 Å². The Balaban J connectivity index is 1.76. The topological polar surface area (TPSA) is 98.0 Å². The van der Waals surface area contributed by atoms with Crippen molar-refractivity contribution in [2.24, 2.45) is 0 Å². The molecular formula is C17H14N4O3S. The lowest BCUT2D eigenvalue weighted by Crippen LogP contribution is -2.12. The standard InChI is InChI=1S/C17H14N4O3S/c1-10-3-5-12(6-4-10)16-19-20-17(25-16)18-15(22)13-7-8-14(21(23)24)11(2)9-13/h3-9H,1-2H3,(H,18,20,22). The molecule has 1 heterocycles. The molecule has 0 radical (unpaired) electrons. The van der Waals surface area contributed by atoms with Crippen LogP contribution in [0.1, 0.15) is 21.5 Å². The molecule has 1 amide bonds. The summed E-state index contributed by atoms with van der Waals surface area (Å²) < 4.78 is 0. The molecule has 0 atom stereocenters. The predicted molar refractivity (Wildman–Crippen MR) is 95.9 cm³/mol. The van der Waals surface area contributed by atoms with Gasteiger partial charge in [0.05, 0.1) is 4.92 Å². The van der Waals surface area contributed by atoms with Crippen molar-refractivity contribution in [3.05, 3.63) is 69.3 Å². The highest BCUT2D eigenvalue weighted by Gasteiger charge is 2.15. The molecule has 1 N–H and O–H groups in total. The number of aromatic nitrogens is 2. The summed E-state index contributed by atoms with van der Waals surface area (Å²) >= 11 is 1.26. The van der Waals surface area contributed by atoms with Crippen LogP contribution in [0.25, 0.3) is 10.6 Å². The Morgan fingerprint density at radius 3 is 2.48 bits per heavy atom. The van der Waals surface area contributed by atoms with Crippen LogP contribution in [0.5, 0.6) is 0 Å². The molecule has 1 aromatic heterocycles. The van der Waals surface area contributed by atoms with Crippen LogP contribution in [0.2, 0.25) is 0 Å². The summed E-state index contributed by atoms with van der Waals surface area (Å²) in [5.74, 6) is -0.385. The maximum absolute atomic E-state index is 12.3. The first-order valence-electron chi connectivity index (χ1n) is 7.41. The van der Waals surface area contributed by atoms with Crippen molar-refractivity contribution in [1.82, 2.24) is 10.2 Å². The average Bonchev–Trinajstić information content (AvgIpc) is 3.03. The van der Waals surface area contributed by atoms with E-state index in [1.807, 2.05) is 31.2 Å². The van der Waals surface area contributed by atoms with E-state index >= 15 is 0 Å². The number of carbonyl (C=O) groups excluding carboxylic acids is 1. The van der Waals surface area contributed by atoms with Gasteiger partial charge in [-0.05, 0) is 26.0 Å². The zero-order valence-corrected chi connectivity index (χ0v) is 14.3. The van der Waals surface area contributed by atoms with Crippen LogP contribution in [-0.2, 0) is 0 Å². The molecule has 0 saturated heterocycles. The summed E-state index contributed by atoms with van der Waals surface area (Å²) in [6, 6.07) is 12.1. The molecule has 126 valence electrons. The Kier molecular flexibility index (Phi) is 4.53. The molecule has 25 heavy (non-hydrogen) atoms. The number of aryl methyl sites for hydroxylation is 2. The van der Waals surface area contributed by atoms with Gasteiger partial charge in [0.1, 0.15) is 5.01 Å². The normalized spacial score (nSPS) is 10.5. The van der Waals surface area contributed by atoms with Gasteiger partial charge in [-0.1, -0.05) is 41.2 Å². The first kappa shape index (κ1) is 16.7. The van der Waals surface area contributed by atoms with E-state index < -0.39 is 4.92 Å². The Morgan fingerprint density at radius 1 is 1.12 bits per heavy atom. The average molecular weight is 354 g/mol. The van der Waals surface area contributed by atoms with E-state index in [4.69, 9.17) is 0 Å². The quantitative estimate of drug-likeness (QED) is 0.564. The molecule has 0 spiro atoms. The summed E-state index contributed by atoms with van der Waals surface area (Å²) in [4.78, 5) is 22.7. The fraction of sp³-hybridized carbons (Fsp3) is 0.118. The van der Waals surface area contributed by atoms with Gasteiger partial charge in [0.2, 0.25) is 5.13 Å². The fourth-order valence-electron chi connectivity index (χ4n) is 2.26. The summed E-state index contributed by atoms with van der Waals surface area (Å²) in [5, 5.41) is 22.6. The lowest BCUT2D eigenvalue weighted by Gasteiger charge is -2.03. The van der Waals surface area contributed by atoms with Crippen molar-refractivity contribution in [2.45, 2.75) is 13.8 Å². The number of nitrogens with one attached hydrogen (secondary N) is 1. The van der Waals surface area contributed by atoms with Crippen LogP contribution in [-0.4, -0.2) is 21.0 Å². The Bertz CT molecular complexity index is 951. The van der Waals surface area contributed by atoms with E-state index in [2.05, 4.69) is 15.5 Å². The van der Waals surface area contributed by atoms with E-state index in [1.54, 1.807) is 6.92 Å². The Labute approximate surface area is 147 Å². The second kappa shape index (κ2) is 6.78. The van der Waals surface area contributed by atoms with Crippen LogP contribution >= 0.6 is 11.3 Å². The second-order valence-corrected chi connectivity index (χ2v) is 6.47. The third-order valence-electron chi connectivity index (χ3n) is 3.60. The smallest absolute Gasteiger partial charge is 0.272 e. The maximum Gasteiger partial charge on any atom is 0.272 e. The van der Waals surface area contributed by atoms with Crippen molar-refractivity contribution in [1.29, 1.82) is 0 Å². The molecular weight excluding hydrogens is 340 g/mol. The number of rotatable bonds is 4. The van der Waals surface area contributed by atoms with Gasteiger partial charge in [0.25, 0.3) is 11.6 Å². The van der Waals surface area contributed by atoms with Gasteiger partial charge >= 0.3 is 0 Å². The molecule has 2 aromatic carbocycles. The molecule has 0 bridgehead atoms. The molecule has 7 nitrogen and oxygen atoms in total. The number of amides is 1. The van der Waals surface area contributed by atoms with Gasteiger partial charge in [-0.25, -0.2) is 0 Å². The molecule has 0 aliphatic carbocycles. The zero-order valence-electron chi connectivity index (χ0n) is 13.5. The third-order valence-corrected chi connectivity index (χ3v) is 4.49. The van der Waals surface area contributed by atoms with Gasteiger partial charge in [-0.15, -0.1) is 10.2 Å². The minimum atomic E-state index is -0.477. The monoisotopic (exact) mass is 354 g/mol. The number of hydrogen-bond donors (Lipinski definition) is 1. The molecule has 0 fully saturated rings. The van der Waals surface area contributed by atoms with E-state index in [9.17, 15) is 14.9 Å². The first-order chi connectivity index (χ1) is 11.9. The molecule has 0 saturated carbocycles. The molecule has 3 rings (SSSR count). The highest BCUT2D eigenvalue weighted by Crippen LogP contribution is 2.27. The number of carbonyl (C=O) groups is 1. The van der Waals surface area contributed by atoms with Crippen molar-refractivity contribution in [2.75, 3.05) is 5.32 Å². The van der Waals surface area contributed by atoms with Crippen LogP contribution in [0.15, 0.2) is 42.5 Å². The second-order valence-electron chi connectivity index (χ2n) is 5.49. The zero-order chi connectivity index (χ0) is 18.0. The van der Waals surface area contributed by atoms with Crippen molar-refractivity contribution in [3.8, 4) is 10.6 Å². The predicted octanol–water partition coefficient (Wildman–Crippen LogP) is 3.98. The molecule has 0 aliphatic rings. The Hall–Kier alpha value is -3.13. The molecule has 0 unspecified atom stereocenters. The van der Waals surface area contributed by atoms with Crippen molar-refractivity contribution < 1.29 is 9.72 Å². The number of anilines is 1. The van der Waals surface area contributed by atoms with Gasteiger partial charge in [0.15, 0.2) is 0 Å². The Morgan fingerprint density at radius 2 is 1.84 bits per heavy atom. The van der Waals surface area contributed by atoms with Crippen molar-refractivity contribution in [3.63, 3.8) is 0 Å². The number of benzene rings is 2. The summed E-state index contributed by atoms with van der Waals surface area (Å²) in [7, 11) is 0. The number of nitro groups is 1. The van der Waals surface area contributed by atoms with E-state index in [-0.39, 0.29) is 11.6 Å². The van der Waals surface area contributed by atoms with Gasteiger partial charge in [0, 0.05) is 22.8 Å². The molecule has 0 aliphatic heterocycles. The highest BCUT2D eigenvalue weighted by atomic mass is 32.1. The van der Waals surface area contributed by atoms with Gasteiger partial charge in [-0.3, -0.25) is 20.2 Å². The van der Waals surface area contributed by atoms with Gasteiger partial charge < -0.3 is 0 Å². The van der Waals surface area contributed by atoms with E-state index in [0.29, 0.717) is 21.3 Å². The first-order valence-corrected chi connectivity index (χ1v) is 8.22. The number of nitro benzene ring substituents is 1. The van der Waals surface area contributed by atoms with Crippen LogP contribution in [0.4, 0.5) is 10.8 Å². The number of nitrogens with zero attached hydrogens (tertiary/aromatic N) is 3. The fourth-order valence-corrected chi connectivity index (χ4v) is 3.00. The number of hydrogen-bond acceptors (Lipinski definition) is 6.